The third kappa shape index (κ3) is 2.19. The maximum absolute atomic E-state index is 5.43. The van der Waals surface area contributed by atoms with E-state index in [-0.39, 0.29) is 5.79 Å². The van der Waals surface area contributed by atoms with Gasteiger partial charge in [-0.25, -0.2) is 0 Å². The predicted octanol–water partition coefficient (Wildman–Crippen LogP) is 1.26. The van der Waals surface area contributed by atoms with Crippen molar-refractivity contribution in [3.8, 4) is 0 Å². The van der Waals surface area contributed by atoms with Gasteiger partial charge in [-0.05, 0) is 20.0 Å². The molecule has 60 valence electrons. The van der Waals surface area contributed by atoms with Crippen LogP contribution in [-0.2, 0) is 9.47 Å². The Morgan fingerprint density at radius 2 is 1.90 bits per heavy atom. The molecule has 0 bridgehead atoms. The van der Waals surface area contributed by atoms with Gasteiger partial charge in [-0.2, -0.15) is 0 Å². The molecular weight excluding hydrogens is 147 g/mol. The van der Waals surface area contributed by atoms with Crippen molar-refractivity contribution in [2.45, 2.75) is 19.6 Å². The van der Waals surface area contributed by atoms with Gasteiger partial charge in [0.15, 0.2) is 5.79 Å². The Hall–Kier alpha value is 0.350. The Balaban J connectivity index is 2.31. The van der Waals surface area contributed by atoms with E-state index >= 15 is 0 Å². The lowest BCUT2D eigenvalue weighted by Gasteiger charge is -2.34. The van der Waals surface area contributed by atoms with Gasteiger partial charge in [0.1, 0.15) is 0 Å². The Bertz CT molecular complexity index is 104. The van der Waals surface area contributed by atoms with Gasteiger partial charge < -0.3 is 9.47 Å². The normalized spacial score (nSPS) is 26.7. The SMILES string of the molecule is CC1(C)OCC(CP)CO1. The molecule has 0 N–H and O–H groups in total. The van der Waals surface area contributed by atoms with Crippen molar-refractivity contribution in [3.05, 3.63) is 0 Å². The minimum Gasteiger partial charge on any atom is -0.350 e. The van der Waals surface area contributed by atoms with Gasteiger partial charge in [-0.15, -0.1) is 9.24 Å². The molecule has 0 aromatic heterocycles. The van der Waals surface area contributed by atoms with E-state index in [9.17, 15) is 0 Å². The largest absolute Gasteiger partial charge is 0.350 e. The maximum atomic E-state index is 5.43. The highest BCUT2D eigenvalue weighted by Crippen LogP contribution is 2.21. The summed E-state index contributed by atoms with van der Waals surface area (Å²) in [5, 5.41) is 0. The summed E-state index contributed by atoms with van der Waals surface area (Å²) in [6, 6.07) is 0. The van der Waals surface area contributed by atoms with Gasteiger partial charge in [-0.3, -0.25) is 0 Å². The molecule has 3 heteroatoms. The highest BCUT2D eigenvalue weighted by Gasteiger charge is 2.26. The van der Waals surface area contributed by atoms with Crippen LogP contribution in [0.3, 0.4) is 0 Å². The molecule has 0 aromatic rings. The van der Waals surface area contributed by atoms with E-state index in [4.69, 9.17) is 9.47 Å². The fourth-order valence-corrected chi connectivity index (χ4v) is 1.14. The second-order valence-corrected chi connectivity index (χ2v) is 3.59. The molecule has 1 fully saturated rings. The summed E-state index contributed by atoms with van der Waals surface area (Å²) in [6.07, 6.45) is 1.07. The fourth-order valence-electron chi connectivity index (χ4n) is 0.863. The van der Waals surface area contributed by atoms with Crippen LogP contribution in [0.1, 0.15) is 13.8 Å². The van der Waals surface area contributed by atoms with Gasteiger partial charge in [0.2, 0.25) is 0 Å². The Morgan fingerprint density at radius 1 is 1.40 bits per heavy atom. The molecule has 1 unspecified atom stereocenters. The van der Waals surface area contributed by atoms with E-state index < -0.39 is 0 Å². The lowest BCUT2D eigenvalue weighted by Crippen LogP contribution is -2.39. The first-order chi connectivity index (χ1) is 4.64. The highest BCUT2D eigenvalue weighted by molar-refractivity contribution is 7.16. The van der Waals surface area contributed by atoms with Crippen molar-refractivity contribution >= 4 is 9.24 Å². The average Bonchev–Trinajstić information content (AvgIpc) is 1.88. The first-order valence-corrected chi connectivity index (χ1v) is 4.44. The Labute approximate surface area is 64.5 Å². The molecule has 1 aliphatic rings. The third-order valence-corrected chi connectivity index (χ3v) is 2.33. The van der Waals surface area contributed by atoms with Crippen molar-refractivity contribution in [2.75, 3.05) is 19.4 Å². The topological polar surface area (TPSA) is 18.5 Å². The zero-order valence-electron chi connectivity index (χ0n) is 6.59. The van der Waals surface area contributed by atoms with Crippen LogP contribution in [0, 0.1) is 5.92 Å². The molecule has 0 aromatic carbocycles. The maximum Gasteiger partial charge on any atom is 0.162 e. The summed E-state index contributed by atoms with van der Waals surface area (Å²) in [7, 11) is 2.71. The standard InChI is InChI=1S/C7H15O2P/c1-7(2)8-3-6(5-10)4-9-7/h6H,3-5,10H2,1-2H3. The monoisotopic (exact) mass is 162 g/mol. The first kappa shape index (κ1) is 8.45. The molecular formula is C7H15O2P. The second-order valence-electron chi connectivity index (χ2n) is 3.12. The van der Waals surface area contributed by atoms with Crippen LogP contribution in [-0.4, -0.2) is 25.2 Å². The van der Waals surface area contributed by atoms with Crippen molar-refractivity contribution < 1.29 is 9.47 Å². The summed E-state index contributed by atoms with van der Waals surface area (Å²) < 4.78 is 10.9. The molecule has 2 nitrogen and oxygen atoms in total. The Kier molecular flexibility index (Phi) is 2.67. The van der Waals surface area contributed by atoms with Crippen molar-refractivity contribution in [1.82, 2.24) is 0 Å². The summed E-state index contributed by atoms with van der Waals surface area (Å²) in [5.41, 5.74) is 0. The molecule has 0 spiro atoms. The average molecular weight is 162 g/mol. The highest BCUT2D eigenvalue weighted by atomic mass is 31.0. The first-order valence-electron chi connectivity index (χ1n) is 3.62. The van der Waals surface area contributed by atoms with E-state index in [2.05, 4.69) is 9.24 Å². The van der Waals surface area contributed by atoms with Gasteiger partial charge in [-0.1, -0.05) is 0 Å². The van der Waals surface area contributed by atoms with Gasteiger partial charge in [0, 0.05) is 5.92 Å². The van der Waals surface area contributed by atoms with Crippen LogP contribution in [0.4, 0.5) is 0 Å². The molecule has 0 amide bonds. The molecule has 0 radical (unpaired) electrons. The molecule has 0 saturated carbocycles. The zero-order chi connectivity index (χ0) is 7.61. The minimum atomic E-state index is -0.351. The molecule has 1 aliphatic heterocycles. The van der Waals surface area contributed by atoms with Crippen LogP contribution in [0.25, 0.3) is 0 Å². The third-order valence-electron chi connectivity index (χ3n) is 1.67. The molecule has 1 rings (SSSR count). The fraction of sp³-hybridized carbons (Fsp3) is 1.00. The van der Waals surface area contributed by atoms with Gasteiger partial charge in [0.05, 0.1) is 13.2 Å². The van der Waals surface area contributed by atoms with E-state index in [1.807, 2.05) is 13.8 Å². The molecule has 0 aliphatic carbocycles. The van der Waals surface area contributed by atoms with Crippen LogP contribution >= 0.6 is 9.24 Å². The Morgan fingerprint density at radius 3 is 2.30 bits per heavy atom. The van der Waals surface area contributed by atoms with Crippen molar-refractivity contribution in [1.29, 1.82) is 0 Å². The molecule has 1 saturated heterocycles. The van der Waals surface area contributed by atoms with Crippen LogP contribution in [0.5, 0.6) is 0 Å². The predicted molar refractivity (Wildman–Crippen MR) is 44.1 cm³/mol. The van der Waals surface area contributed by atoms with E-state index in [0.717, 1.165) is 19.4 Å². The van der Waals surface area contributed by atoms with Crippen LogP contribution in [0.2, 0.25) is 0 Å². The molecule has 1 heterocycles. The molecule has 1 atom stereocenters. The van der Waals surface area contributed by atoms with Crippen LogP contribution < -0.4 is 0 Å². The van der Waals surface area contributed by atoms with E-state index in [1.54, 1.807) is 0 Å². The summed E-state index contributed by atoms with van der Waals surface area (Å²) in [4.78, 5) is 0. The quantitative estimate of drug-likeness (QED) is 0.540. The van der Waals surface area contributed by atoms with E-state index in [1.165, 1.54) is 0 Å². The summed E-state index contributed by atoms with van der Waals surface area (Å²) in [6.45, 7) is 5.56. The minimum absolute atomic E-state index is 0.351. The molecule has 10 heavy (non-hydrogen) atoms. The van der Waals surface area contributed by atoms with Crippen molar-refractivity contribution in [3.63, 3.8) is 0 Å². The van der Waals surface area contributed by atoms with Crippen molar-refractivity contribution in [2.24, 2.45) is 5.92 Å². The summed E-state index contributed by atoms with van der Waals surface area (Å²) in [5.74, 6) is 0.217. The summed E-state index contributed by atoms with van der Waals surface area (Å²) >= 11 is 0. The lowest BCUT2D eigenvalue weighted by atomic mass is 10.2. The van der Waals surface area contributed by atoms with Crippen LogP contribution in [0.15, 0.2) is 0 Å². The van der Waals surface area contributed by atoms with Gasteiger partial charge in [0.25, 0.3) is 0 Å². The lowest BCUT2D eigenvalue weighted by molar-refractivity contribution is -0.259. The van der Waals surface area contributed by atoms with Gasteiger partial charge >= 0.3 is 0 Å². The smallest absolute Gasteiger partial charge is 0.162 e. The number of hydrogen-bond acceptors (Lipinski definition) is 2. The second kappa shape index (κ2) is 3.17. The zero-order valence-corrected chi connectivity index (χ0v) is 7.75. The number of ether oxygens (including phenoxy) is 2. The number of rotatable bonds is 1. The van der Waals surface area contributed by atoms with E-state index in [0.29, 0.717) is 5.92 Å². The number of hydrogen-bond donors (Lipinski definition) is 0.